The predicted molar refractivity (Wildman–Crippen MR) is 93.2 cm³/mol. The highest BCUT2D eigenvalue weighted by Crippen LogP contribution is 2.36. The predicted octanol–water partition coefficient (Wildman–Crippen LogP) is 4.04. The molecule has 0 aromatic heterocycles. The van der Waals surface area contributed by atoms with Gasteiger partial charge in [-0.1, -0.05) is 29.4 Å². The molecule has 3 atom stereocenters. The summed E-state index contributed by atoms with van der Waals surface area (Å²) in [5.74, 6) is -1.14. The summed E-state index contributed by atoms with van der Waals surface area (Å²) in [5, 5.41) is 0. The van der Waals surface area contributed by atoms with Gasteiger partial charge in [-0.15, -0.1) is 0 Å². The number of hydrogen-bond acceptors (Lipinski definition) is 4. The van der Waals surface area contributed by atoms with Crippen LogP contribution in [0.4, 0.5) is 0 Å². The zero-order chi connectivity index (χ0) is 17.9. The van der Waals surface area contributed by atoms with Gasteiger partial charge in [0.2, 0.25) is 0 Å². The Morgan fingerprint density at radius 3 is 2.71 bits per heavy atom. The fourth-order valence-corrected chi connectivity index (χ4v) is 3.15. The van der Waals surface area contributed by atoms with Crippen molar-refractivity contribution in [2.45, 2.75) is 59.2 Å². The van der Waals surface area contributed by atoms with Crippen LogP contribution in [0.25, 0.3) is 0 Å². The van der Waals surface area contributed by atoms with Crippen LogP contribution in [-0.4, -0.2) is 24.1 Å². The molecule has 1 fully saturated rings. The van der Waals surface area contributed by atoms with Crippen molar-refractivity contribution in [2.75, 3.05) is 0 Å². The Morgan fingerprint density at radius 2 is 2.04 bits per heavy atom. The molecule has 2 aliphatic rings. The minimum absolute atomic E-state index is 0.340. The minimum Gasteiger partial charge on any atom is -0.458 e. The van der Waals surface area contributed by atoms with Gasteiger partial charge in [0.25, 0.3) is 0 Å². The molecular formula is C20H26O4. The normalized spacial score (nSPS) is 31.8. The number of esters is 2. The average Bonchev–Trinajstić information content (AvgIpc) is 2.71. The van der Waals surface area contributed by atoms with Crippen LogP contribution in [0.2, 0.25) is 0 Å². The Hall–Kier alpha value is -2.10. The Labute approximate surface area is 143 Å². The third kappa shape index (κ3) is 4.47. The Kier molecular flexibility index (Phi) is 5.81. The van der Waals surface area contributed by atoms with E-state index < -0.39 is 18.0 Å². The summed E-state index contributed by atoms with van der Waals surface area (Å²) in [7, 11) is 0. The number of hydrogen-bond donors (Lipinski definition) is 0. The van der Waals surface area contributed by atoms with E-state index in [9.17, 15) is 9.59 Å². The van der Waals surface area contributed by atoms with E-state index in [4.69, 9.17) is 9.47 Å². The molecule has 0 saturated carbocycles. The van der Waals surface area contributed by atoms with Crippen LogP contribution in [0, 0.1) is 5.92 Å². The van der Waals surface area contributed by atoms with E-state index in [1.54, 1.807) is 0 Å². The Bertz CT molecular complexity index is 632. The summed E-state index contributed by atoms with van der Waals surface area (Å²) in [5.41, 5.74) is 3.55. The van der Waals surface area contributed by atoms with Gasteiger partial charge in [0.15, 0.2) is 0 Å². The lowest BCUT2D eigenvalue weighted by molar-refractivity contribution is -0.144. The topological polar surface area (TPSA) is 52.6 Å². The van der Waals surface area contributed by atoms with E-state index in [-0.39, 0.29) is 12.0 Å². The van der Waals surface area contributed by atoms with E-state index in [1.165, 1.54) is 11.6 Å². The average molecular weight is 330 g/mol. The molecule has 130 valence electrons. The third-order valence-corrected chi connectivity index (χ3v) is 4.34. The molecule has 0 bridgehead atoms. The minimum atomic E-state index is -0.539. The lowest BCUT2D eigenvalue weighted by Gasteiger charge is -2.26. The van der Waals surface area contributed by atoms with Gasteiger partial charge >= 0.3 is 11.9 Å². The highest BCUT2D eigenvalue weighted by molar-refractivity contribution is 5.91. The van der Waals surface area contributed by atoms with Crippen molar-refractivity contribution >= 4 is 11.9 Å². The number of carbonyl (C=O) groups is 2. The molecule has 0 aromatic rings. The monoisotopic (exact) mass is 330 g/mol. The Balaban J connectivity index is 2.36. The van der Waals surface area contributed by atoms with Gasteiger partial charge in [0.05, 0.1) is 5.92 Å². The maximum absolute atomic E-state index is 12.1. The lowest BCUT2D eigenvalue weighted by Crippen LogP contribution is -2.32. The molecule has 1 heterocycles. The number of carbonyl (C=O) groups excluding carboxylic acids is 2. The molecular weight excluding hydrogens is 304 g/mol. The van der Waals surface area contributed by atoms with Gasteiger partial charge in [-0.05, 0) is 46.6 Å². The molecule has 0 radical (unpaired) electrons. The molecule has 0 amide bonds. The molecule has 1 aliphatic carbocycles. The van der Waals surface area contributed by atoms with Crippen molar-refractivity contribution in [2.24, 2.45) is 5.92 Å². The maximum atomic E-state index is 12.1. The van der Waals surface area contributed by atoms with Crippen molar-refractivity contribution in [1.82, 2.24) is 0 Å². The van der Waals surface area contributed by atoms with Crippen molar-refractivity contribution < 1.29 is 19.1 Å². The van der Waals surface area contributed by atoms with Gasteiger partial charge in [-0.2, -0.15) is 0 Å². The van der Waals surface area contributed by atoms with E-state index in [0.29, 0.717) is 12.0 Å². The quantitative estimate of drug-likeness (QED) is 0.436. The second-order valence-corrected chi connectivity index (χ2v) is 6.92. The Morgan fingerprint density at radius 1 is 1.33 bits per heavy atom. The summed E-state index contributed by atoms with van der Waals surface area (Å²) >= 11 is 0. The first kappa shape index (κ1) is 18.2. The molecule has 0 N–H and O–H groups in total. The van der Waals surface area contributed by atoms with Crippen molar-refractivity contribution in [1.29, 1.82) is 0 Å². The van der Waals surface area contributed by atoms with Crippen LogP contribution in [-0.2, 0) is 19.1 Å². The third-order valence-electron chi connectivity index (χ3n) is 4.34. The summed E-state index contributed by atoms with van der Waals surface area (Å²) in [6.45, 7) is 11.6. The van der Waals surface area contributed by atoms with Crippen molar-refractivity contribution in [3.63, 3.8) is 0 Å². The largest absolute Gasteiger partial charge is 0.458 e. The number of fused-ring (bicyclic) bond motifs is 1. The SMILES string of the molecule is C=C1C(=O)O[C@@H]2C/C(C)=C/CC/C(C)=C/[C@@H](OC(=O)C=C(C)C)[C@H]12. The molecule has 24 heavy (non-hydrogen) atoms. The van der Waals surface area contributed by atoms with Gasteiger partial charge in [0.1, 0.15) is 12.2 Å². The molecule has 0 unspecified atom stereocenters. The highest BCUT2D eigenvalue weighted by Gasteiger charge is 2.44. The first-order valence-electron chi connectivity index (χ1n) is 8.36. The molecule has 2 rings (SSSR count). The zero-order valence-electron chi connectivity index (χ0n) is 14.9. The molecule has 4 nitrogen and oxygen atoms in total. The summed E-state index contributed by atoms with van der Waals surface area (Å²) < 4.78 is 11.2. The number of rotatable bonds is 2. The van der Waals surface area contributed by atoms with Gasteiger partial charge in [-0.25, -0.2) is 9.59 Å². The van der Waals surface area contributed by atoms with Crippen LogP contribution in [0.3, 0.4) is 0 Å². The van der Waals surface area contributed by atoms with E-state index >= 15 is 0 Å². The van der Waals surface area contributed by atoms with Crippen LogP contribution >= 0.6 is 0 Å². The van der Waals surface area contributed by atoms with Gasteiger partial charge in [0, 0.05) is 18.1 Å². The first-order chi connectivity index (χ1) is 11.3. The van der Waals surface area contributed by atoms with Crippen LogP contribution in [0.5, 0.6) is 0 Å². The molecule has 1 saturated heterocycles. The number of allylic oxidation sites excluding steroid dienone is 3. The fourth-order valence-electron chi connectivity index (χ4n) is 3.15. The zero-order valence-corrected chi connectivity index (χ0v) is 14.9. The molecule has 1 aliphatic heterocycles. The first-order valence-corrected chi connectivity index (χ1v) is 8.36. The number of ether oxygens (including phenoxy) is 2. The highest BCUT2D eigenvalue weighted by atomic mass is 16.6. The second kappa shape index (κ2) is 7.65. The molecule has 0 aromatic carbocycles. The smallest absolute Gasteiger partial charge is 0.334 e. The van der Waals surface area contributed by atoms with Crippen molar-refractivity contribution in [3.05, 3.63) is 47.1 Å². The van der Waals surface area contributed by atoms with Crippen LogP contribution < -0.4 is 0 Å². The maximum Gasteiger partial charge on any atom is 0.334 e. The van der Waals surface area contributed by atoms with E-state index in [2.05, 4.69) is 12.7 Å². The van der Waals surface area contributed by atoms with E-state index in [0.717, 1.165) is 24.0 Å². The lowest BCUT2D eigenvalue weighted by atomic mass is 9.85. The van der Waals surface area contributed by atoms with Crippen LogP contribution in [0.1, 0.15) is 47.0 Å². The van der Waals surface area contributed by atoms with Crippen LogP contribution in [0.15, 0.2) is 47.1 Å². The molecule has 4 heteroatoms. The fraction of sp³-hybridized carbons (Fsp3) is 0.500. The second-order valence-electron chi connectivity index (χ2n) is 6.92. The van der Waals surface area contributed by atoms with E-state index in [1.807, 2.05) is 33.8 Å². The van der Waals surface area contributed by atoms with Gasteiger partial charge in [-0.3, -0.25) is 0 Å². The van der Waals surface area contributed by atoms with Gasteiger partial charge < -0.3 is 9.47 Å². The van der Waals surface area contributed by atoms with Crippen molar-refractivity contribution in [3.8, 4) is 0 Å². The standard InChI is InChI=1S/C20H26O4/c1-12(2)9-18(21)23-16-10-13(3)7-6-8-14(4)11-17-19(16)15(5)20(22)24-17/h8-10,16-17,19H,5-7,11H2,1-4H3/b13-10+,14-8+/t16-,17-,19+/m1/s1. The summed E-state index contributed by atoms with van der Waals surface area (Å²) in [6, 6.07) is 0. The summed E-state index contributed by atoms with van der Waals surface area (Å²) in [4.78, 5) is 24.1. The summed E-state index contributed by atoms with van der Waals surface area (Å²) in [6.07, 6.45) is 7.16. The molecule has 0 spiro atoms.